The third-order valence-corrected chi connectivity index (χ3v) is 19.8. The van der Waals surface area contributed by atoms with Gasteiger partial charge in [0.05, 0.1) is 22.4 Å². The highest BCUT2D eigenvalue weighted by molar-refractivity contribution is 7.33. The molecule has 2 aliphatic heterocycles. The van der Waals surface area contributed by atoms with Crippen molar-refractivity contribution in [3.63, 3.8) is 0 Å². The summed E-state index contributed by atoms with van der Waals surface area (Å²) < 4.78 is 83.8. The van der Waals surface area contributed by atoms with Crippen LogP contribution in [0.4, 0.5) is 51.2 Å². The molecule has 2 aliphatic rings. The smallest absolute Gasteiger partial charge is 0.264 e. The lowest BCUT2D eigenvalue weighted by Crippen LogP contribution is -2.60. The van der Waals surface area contributed by atoms with Gasteiger partial charge in [0.2, 0.25) is 0 Å². The summed E-state index contributed by atoms with van der Waals surface area (Å²) in [6.45, 7) is 9.47. The topological polar surface area (TPSA) is 14.7 Å². The summed E-state index contributed by atoms with van der Waals surface area (Å²) in [7, 11) is 0. The van der Waals surface area contributed by atoms with Crippen LogP contribution in [0.3, 0.4) is 0 Å². The predicted molar refractivity (Wildman–Crippen MR) is 391 cm³/mol. The Bertz CT molecular complexity index is 5250. The summed E-state index contributed by atoms with van der Waals surface area (Å²) >= 11 is 1.81. The van der Waals surface area contributed by atoms with Crippen molar-refractivity contribution in [2.24, 2.45) is 0 Å². The van der Waals surface area contributed by atoms with Crippen molar-refractivity contribution in [2.45, 2.75) is 105 Å². The molecule has 0 saturated heterocycles. The van der Waals surface area contributed by atoms with Gasteiger partial charge < -0.3 is 19.3 Å². The molecule has 90 heavy (non-hydrogen) atoms. The van der Waals surface area contributed by atoms with Crippen LogP contribution in [-0.2, 0) is 21.7 Å². The number of anilines is 9. The standard InChI is InChI=1S/C84H77BN4S/c1-81(2,3)56-36-41-62(42-37-56)86(60-27-18-14-19-28-60)64-45-46-69-73(53-64)88(63-43-38-57(39-44-63)82(4,5)6)74-51-59(84(10,11)12)52-75-78(74)85(69)80-79(68-49-55(35-48-76(68)90-80)54-25-16-13-17-26-54)89(75)71-47-40-58(83(7,8)9)50-67(71)65-32-24-34-72-77(65)66-31-22-23-33-70(66)87(72)61-29-20-15-21-30-61/h13-53H,1-12H3/i4D3,5D3,6D3. The zero-order valence-corrected chi connectivity index (χ0v) is 53.3. The fourth-order valence-corrected chi connectivity index (χ4v) is 15.2. The molecule has 0 N–H and O–H groups in total. The number of fused-ring (bicyclic) bond motifs is 9. The van der Waals surface area contributed by atoms with Crippen molar-refractivity contribution in [2.75, 3.05) is 14.7 Å². The number of benzene rings is 11. The van der Waals surface area contributed by atoms with Crippen LogP contribution in [0.1, 0.15) is 117 Å². The van der Waals surface area contributed by atoms with Crippen LogP contribution in [0.25, 0.3) is 59.8 Å². The first-order valence-corrected chi connectivity index (χ1v) is 32.1. The van der Waals surface area contributed by atoms with Crippen LogP contribution < -0.4 is 30.4 Å². The Kier molecular flexibility index (Phi) is 11.2. The van der Waals surface area contributed by atoms with Crippen LogP contribution in [0.2, 0.25) is 0 Å². The molecule has 4 nitrogen and oxygen atoms in total. The first kappa shape index (κ1) is 47.6. The van der Waals surface area contributed by atoms with Crippen molar-refractivity contribution in [1.82, 2.24) is 4.57 Å². The summed E-state index contributed by atoms with van der Waals surface area (Å²) in [6, 6.07) is 87.5. The molecule has 15 rings (SSSR count). The molecule has 2 aromatic heterocycles. The Morgan fingerprint density at radius 1 is 0.389 bits per heavy atom. The zero-order valence-electron chi connectivity index (χ0n) is 61.4. The number of nitrogens with zero attached hydrogens (tertiary/aromatic N) is 4. The summed E-state index contributed by atoms with van der Waals surface area (Å²) in [6.07, 6.45) is 0. The summed E-state index contributed by atoms with van der Waals surface area (Å²) in [5.41, 5.74) is 16.9. The fourth-order valence-electron chi connectivity index (χ4n) is 13.9. The molecule has 0 spiro atoms. The molecule has 0 saturated carbocycles. The minimum absolute atomic E-state index is 0.0911. The monoisotopic (exact) mass is 1190 g/mol. The normalized spacial score (nSPS) is 15.2. The lowest BCUT2D eigenvalue weighted by molar-refractivity contribution is 0.590. The van der Waals surface area contributed by atoms with Crippen molar-refractivity contribution in [3.05, 3.63) is 271 Å². The van der Waals surface area contributed by atoms with Gasteiger partial charge >= 0.3 is 0 Å². The molecule has 0 aliphatic carbocycles. The Hall–Kier alpha value is -9.36. The highest BCUT2D eigenvalue weighted by Crippen LogP contribution is 2.54. The highest BCUT2D eigenvalue weighted by Gasteiger charge is 2.47. The van der Waals surface area contributed by atoms with Crippen molar-refractivity contribution >= 4 is 117 Å². The first-order valence-electron chi connectivity index (χ1n) is 35.8. The van der Waals surface area contributed by atoms with E-state index in [0.717, 1.165) is 127 Å². The molecule has 6 heteroatoms. The lowest BCUT2D eigenvalue weighted by atomic mass is 9.36. The molecule has 442 valence electrons. The van der Waals surface area contributed by atoms with Gasteiger partial charge in [-0.25, -0.2) is 0 Å². The molecule has 0 radical (unpaired) electrons. The predicted octanol–water partition coefficient (Wildman–Crippen LogP) is 22.1. The van der Waals surface area contributed by atoms with Crippen molar-refractivity contribution < 1.29 is 12.3 Å². The second-order valence-electron chi connectivity index (χ2n) is 27.6. The van der Waals surface area contributed by atoms with E-state index < -0.39 is 31.4 Å². The molecule has 0 atom stereocenters. The molecular formula is C84H77BN4S. The number of hydrogen-bond donors (Lipinski definition) is 0. The SMILES string of the molecule is [2H]C([2H])([2H])C(c1ccc(N2c3cc(N(c4ccccc4)c4ccc(C(C)(C)C)cc4)ccc3B3c4sc5ccc(-c6ccccc6)cc5c4N(c4ccc(C(C)(C)C)cc4-c4cccc5c4c4ccccc4n5-c4ccccc4)c4cc(C(C)(C)C)cc2c43)cc1)(C([2H])([2H])[2H])C([2H])([2H])[2H]. The van der Waals surface area contributed by atoms with E-state index >= 15 is 0 Å². The van der Waals surface area contributed by atoms with Crippen LogP contribution in [0.15, 0.2) is 249 Å². The molecule has 11 aromatic carbocycles. The maximum atomic E-state index is 8.79. The van der Waals surface area contributed by atoms with Crippen LogP contribution in [0.5, 0.6) is 0 Å². The van der Waals surface area contributed by atoms with Gasteiger partial charge in [-0.1, -0.05) is 222 Å². The zero-order chi connectivity index (χ0) is 69.7. The molecule has 0 bridgehead atoms. The van der Waals surface area contributed by atoms with E-state index in [2.05, 4.69) is 288 Å². The number of hydrogen-bond acceptors (Lipinski definition) is 4. The molecule has 0 unspecified atom stereocenters. The third-order valence-electron chi connectivity index (χ3n) is 18.5. The van der Waals surface area contributed by atoms with Gasteiger partial charge in [0.25, 0.3) is 6.71 Å². The van der Waals surface area contributed by atoms with Gasteiger partial charge in [-0.05, 0) is 181 Å². The second-order valence-corrected chi connectivity index (χ2v) is 28.6. The van der Waals surface area contributed by atoms with Gasteiger partial charge in [0, 0.05) is 89.0 Å². The summed E-state index contributed by atoms with van der Waals surface area (Å²) in [4.78, 5) is 7.07. The lowest BCUT2D eigenvalue weighted by Gasteiger charge is -2.45. The van der Waals surface area contributed by atoms with Crippen LogP contribution in [-0.4, -0.2) is 11.3 Å². The van der Waals surface area contributed by atoms with Gasteiger partial charge in [-0.3, -0.25) is 0 Å². The molecule has 0 amide bonds. The average Bonchev–Trinajstić information content (AvgIpc) is 1.67. The van der Waals surface area contributed by atoms with Crippen LogP contribution in [0, 0.1) is 0 Å². The average molecular weight is 1190 g/mol. The number of thiophene rings is 1. The Morgan fingerprint density at radius 3 is 1.67 bits per heavy atom. The van der Waals surface area contributed by atoms with E-state index in [4.69, 9.17) is 12.3 Å². The Labute approximate surface area is 549 Å². The second kappa shape index (κ2) is 21.1. The molecule has 13 aromatic rings. The summed E-state index contributed by atoms with van der Waals surface area (Å²) in [5, 5.41) is 3.39. The highest BCUT2D eigenvalue weighted by atomic mass is 32.1. The van der Waals surface area contributed by atoms with Crippen LogP contribution >= 0.6 is 11.3 Å². The van der Waals surface area contributed by atoms with E-state index in [1.54, 1.807) is 12.1 Å². The van der Waals surface area contributed by atoms with Gasteiger partial charge in [0.15, 0.2) is 0 Å². The molecular weight excluding hydrogens is 1110 g/mol. The maximum absolute atomic E-state index is 8.79. The van der Waals surface area contributed by atoms with E-state index in [1.807, 2.05) is 29.5 Å². The van der Waals surface area contributed by atoms with E-state index in [9.17, 15) is 0 Å². The Balaban J connectivity index is 1.07. The number of para-hydroxylation sites is 3. The number of aromatic nitrogens is 1. The van der Waals surface area contributed by atoms with Gasteiger partial charge in [0.1, 0.15) is 0 Å². The van der Waals surface area contributed by atoms with E-state index in [0.29, 0.717) is 5.69 Å². The third kappa shape index (κ3) is 9.56. The first-order chi connectivity index (χ1) is 46.9. The summed E-state index contributed by atoms with van der Waals surface area (Å²) in [5.74, 6) is 0. The minimum atomic E-state index is -3.46. The van der Waals surface area contributed by atoms with Gasteiger partial charge in [-0.2, -0.15) is 0 Å². The van der Waals surface area contributed by atoms with Crippen molar-refractivity contribution in [1.29, 1.82) is 0 Å². The van der Waals surface area contributed by atoms with E-state index in [1.165, 1.54) is 23.3 Å². The van der Waals surface area contributed by atoms with Crippen molar-refractivity contribution in [3.8, 4) is 27.9 Å². The molecule has 4 heterocycles. The Morgan fingerprint density at radius 2 is 0.978 bits per heavy atom. The van der Waals surface area contributed by atoms with Gasteiger partial charge in [-0.15, -0.1) is 11.3 Å². The largest absolute Gasteiger partial charge is 0.311 e. The number of rotatable bonds is 8. The fraction of sp³-hybridized carbons (Fsp3) is 0.190. The maximum Gasteiger partial charge on any atom is 0.264 e. The quantitative estimate of drug-likeness (QED) is 0.141. The minimum Gasteiger partial charge on any atom is -0.311 e. The van der Waals surface area contributed by atoms with E-state index in [-0.39, 0.29) is 23.1 Å². The molecule has 0 fully saturated rings.